The van der Waals surface area contributed by atoms with E-state index in [-0.39, 0.29) is 68.3 Å². The number of carboxylic acid groups (broad SMARTS) is 3. The van der Waals surface area contributed by atoms with E-state index in [2.05, 4.69) is 0 Å². The zero-order chi connectivity index (χ0) is 71.7. The molecule has 3 atom stereocenters. The number of para-hydroxylation sites is 3. The quantitative estimate of drug-likeness (QED) is 0.0256. The summed E-state index contributed by atoms with van der Waals surface area (Å²) in [6.07, 6.45) is 22.1. The molecule has 0 aliphatic heterocycles. The molecule has 3 heterocycles. The van der Waals surface area contributed by atoms with E-state index >= 15 is 0 Å². The first-order chi connectivity index (χ1) is 49.6. The van der Waals surface area contributed by atoms with Gasteiger partial charge in [0.2, 0.25) is 0 Å². The molecule has 12 rings (SSSR count). The lowest BCUT2D eigenvalue weighted by Gasteiger charge is -2.24. The molecule has 99 heavy (non-hydrogen) atoms. The second-order valence-corrected chi connectivity index (χ2v) is 23.6. The van der Waals surface area contributed by atoms with Gasteiger partial charge in [0.05, 0.1) is 35.9 Å². The van der Waals surface area contributed by atoms with Crippen molar-refractivity contribution in [1.29, 1.82) is 0 Å². The van der Waals surface area contributed by atoms with Gasteiger partial charge in [0.25, 0.3) is 17.7 Å². The van der Waals surface area contributed by atoms with Crippen LogP contribution in [0.4, 0.5) is 0 Å². The number of hydrogen-bond acceptors (Lipinski definition) is 12. The number of rotatable bonds is 33. The molecule has 3 N–H and O–H groups in total. The van der Waals surface area contributed by atoms with Crippen molar-refractivity contribution >= 4 is 35.6 Å². The standard InChI is InChI=1S/3C27H27NO5/c3*29-26(30)10-2-1-5-17-32-25-8-4-3-7-22(25)19-28(23-15-16-23)27(31)21-13-11-20(12-14-21)24-9-6-18-33-24/h2*1,3-9,11-14,18,23H,2,10,15-17,19H2,(H,29,30);1-4,6-9,11-14,18,23H,5,10,15-17,19H2,(H,29,30)/b5-1+;5-1-;2-1-/i3*19D. The fourth-order valence-electron chi connectivity index (χ4n) is 10.4. The van der Waals surface area contributed by atoms with Crippen LogP contribution in [-0.2, 0) is 33.9 Å². The zero-order valence-corrected chi connectivity index (χ0v) is 54.7. The summed E-state index contributed by atoms with van der Waals surface area (Å²) in [5, 5.41) is 26.1. The van der Waals surface area contributed by atoms with Gasteiger partial charge in [-0.3, -0.25) is 28.8 Å². The summed E-state index contributed by atoms with van der Waals surface area (Å²) in [5.74, 6) is 0.740. The molecule has 3 aromatic heterocycles. The van der Waals surface area contributed by atoms with Crippen LogP contribution in [0.2, 0.25) is 0 Å². The van der Waals surface area contributed by atoms with Crippen molar-refractivity contribution in [3.8, 4) is 51.2 Å². The number of allylic oxidation sites excluding steroid dienone is 2. The fraction of sp³-hybridized carbons (Fsp3) is 0.259. The Morgan fingerprint density at radius 3 is 1.01 bits per heavy atom. The molecular formula is C81H81N3O15. The lowest BCUT2D eigenvalue weighted by molar-refractivity contribution is -0.137. The van der Waals surface area contributed by atoms with Gasteiger partial charge < -0.3 is 57.5 Å². The van der Waals surface area contributed by atoms with Crippen LogP contribution >= 0.6 is 0 Å². The number of nitrogens with zero attached hydrogens (tertiary/aromatic N) is 3. The Bertz CT molecular complexity index is 4100. The Balaban J connectivity index is 0.000000165. The zero-order valence-electron chi connectivity index (χ0n) is 57.7. The number of carboxylic acids is 3. The number of aliphatic carboxylic acids is 3. The maximum atomic E-state index is 13.4. The van der Waals surface area contributed by atoms with Crippen molar-refractivity contribution in [2.24, 2.45) is 0 Å². The maximum Gasteiger partial charge on any atom is 0.307 e. The first kappa shape index (κ1) is 66.2. The summed E-state index contributed by atoms with van der Waals surface area (Å²) in [7, 11) is 0. The molecule has 3 aliphatic rings. The SMILES string of the molecule is [2H]C(c1ccccc1OC/C=C/CCC(=O)O)N(C(=O)c1ccc(-c2ccco2)cc1)C1CC1.[2H]C(c1ccccc1OC/C=C\CCC(=O)O)N(C(=O)c1ccc(-c2ccco2)cc1)C1CC1.[2H]C(c1ccccc1OCC/C=C\CC(=O)O)N(C(=O)c1ccc(-c2ccco2)cc1)C1CC1. The Hall–Kier alpha value is -11.4. The van der Waals surface area contributed by atoms with Crippen LogP contribution in [-0.4, -0.2) is 104 Å². The highest BCUT2D eigenvalue weighted by atomic mass is 16.5. The van der Waals surface area contributed by atoms with Gasteiger partial charge in [-0.2, -0.15) is 0 Å². The van der Waals surface area contributed by atoms with E-state index < -0.39 is 37.5 Å². The molecule has 3 amide bonds. The predicted molar refractivity (Wildman–Crippen MR) is 375 cm³/mol. The topological polar surface area (TPSA) is 240 Å². The first-order valence-corrected chi connectivity index (χ1v) is 33.1. The minimum absolute atomic E-state index is 0.0215. The first-order valence-electron chi connectivity index (χ1n) is 34.8. The summed E-state index contributed by atoms with van der Waals surface area (Å²) in [5.41, 5.74) is 6.11. The van der Waals surface area contributed by atoms with Gasteiger partial charge in [-0.25, -0.2) is 0 Å². The van der Waals surface area contributed by atoms with Crippen LogP contribution in [0.15, 0.2) is 250 Å². The summed E-state index contributed by atoms with van der Waals surface area (Å²) in [4.78, 5) is 77.0. The average molecular weight is 1340 g/mol. The Labute approximate surface area is 579 Å². The van der Waals surface area contributed by atoms with E-state index in [1.807, 2.05) is 127 Å². The van der Waals surface area contributed by atoms with Gasteiger partial charge in [-0.05, 0) is 149 Å². The van der Waals surface area contributed by atoms with Crippen LogP contribution in [0, 0.1) is 0 Å². The molecule has 3 saturated carbocycles. The highest BCUT2D eigenvalue weighted by Gasteiger charge is 2.36. The third-order valence-corrected chi connectivity index (χ3v) is 16.0. The van der Waals surface area contributed by atoms with E-state index in [0.717, 1.165) is 72.5 Å². The minimum Gasteiger partial charge on any atom is -0.493 e. The van der Waals surface area contributed by atoms with Gasteiger partial charge >= 0.3 is 17.9 Å². The largest absolute Gasteiger partial charge is 0.493 e. The Kier molecular flexibility index (Phi) is 24.1. The van der Waals surface area contributed by atoms with Crippen LogP contribution in [0.3, 0.4) is 0 Å². The molecule has 3 fully saturated rings. The minimum atomic E-state index is -0.906. The molecule has 0 radical (unpaired) electrons. The van der Waals surface area contributed by atoms with Gasteiger partial charge in [-0.1, -0.05) is 127 Å². The van der Waals surface area contributed by atoms with Crippen LogP contribution < -0.4 is 14.2 Å². The van der Waals surface area contributed by atoms with Gasteiger partial charge in [0, 0.05) is 101 Å². The summed E-state index contributed by atoms with van der Waals surface area (Å²) >= 11 is 0. The molecule has 6 aromatic carbocycles. The highest BCUT2D eigenvalue weighted by molar-refractivity contribution is 5.96. The molecule has 0 spiro atoms. The van der Waals surface area contributed by atoms with Crippen molar-refractivity contribution in [3.05, 3.63) is 271 Å². The Morgan fingerprint density at radius 2 is 0.707 bits per heavy atom. The van der Waals surface area contributed by atoms with Crippen LogP contribution in [0.1, 0.15) is 129 Å². The normalized spacial score (nSPS) is 14.6. The molecule has 3 aliphatic carbocycles. The lowest BCUT2D eigenvalue weighted by atomic mass is 10.1. The smallest absolute Gasteiger partial charge is 0.307 e. The summed E-state index contributed by atoms with van der Waals surface area (Å²) in [6.45, 7) is -1.84. The number of amides is 3. The molecule has 3 unspecified atom stereocenters. The number of carbonyl (C=O) groups is 6. The summed E-state index contributed by atoms with van der Waals surface area (Å²) < 4.78 is 60.7. The number of hydrogen-bond donors (Lipinski definition) is 3. The van der Waals surface area contributed by atoms with E-state index in [0.29, 0.717) is 76.5 Å². The van der Waals surface area contributed by atoms with Gasteiger partial charge in [0.15, 0.2) is 0 Å². The molecule has 0 saturated heterocycles. The average Bonchev–Trinajstić information content (AvgIpc) is 1.55. The van der Waals surface area contributed by atoms with Crippen molar-refractivity contribution in [2.75, 3.05) is 19.8 Å². The Morgan fingerprint density at radius 1 is 0.384 bits per heavy atom. The third kappa shape index (κ3) is 21.8. The van der Waals surface area contributed by atoms with E-state index in [1.54, 1.807) is 125 Å². The number of benzene rings is 6. The van der Waals surface area contributed by atoms with Crippen molar-refractivity contribution < 1.29 is 75.7 Å². The van der Waals surface area contributed by atoms with E-state index in [4.69, 9.17) is 46.9 Å². The van der Waals surface area contributed by atoms with Crippen LogP contribution in [0.5, 0.6) is 17.2 Å². The van der Waals surface area contributed by atoms with Gasteiger partial charge in [-0.15, -0.1) is 0 Å². The molecule has 18 heteroatoms. The molecule has 510 valence electrons. The third-order valence-electron chi connectivity index (χ3n) is 16.0. The maximum absolute atomic E-state index is 13.4. The number of ether oxygens (including phenoxy) is 3. The van der Waals surface area contributed by atoms with E-state index in [1.165, 1.54) is 0 Å². The van der Waals surface area contributed by atoms with Crippen molar-refractivity contribution in [2.45, 2.75) is 115 Å². The molecule has 0 bridgehead atoms. The monoisotopic (exact) mass is 1340 g/mol. The van der Waals surface area contributed by atoms with Crippen molar-refractivity contribution in [1.82, 2.24) is 14.7 Å². The summed E-state index contributed by atoms with van der Waals surface area (Å²) in [6, 6.07) is 54.7. The lowest BCUT2D eigenvalue weighted by Crippen LogP contribution is -2.32. The van der Waals surface area contributed by atoms with Gasteiger partial charge in [0.1, 0.15) is 47.7 Å². The van der Waals surface area contributed by atoms with E-state index in [9.17, 15) is 28.8 Å². The fourth-order valence-corrected chi connectivity index (χ4v) is 10.4. The number of carbonyl (C=O) groups excluding carboxylic acids is 3. The molecule has 9 aromatic rings. The van der Waals surface area contributed by atoms with Crippen molar-refractivity contribution in [3.63, 3.8) is 0 Å². The van der Waals surface area contributed by atoms with Crippen LogP contribution in [0.25, 0.3) is 34.0 Å². The second-order valence-electron chi connectivity index (χ2n) is 23.6. The predicted octanol–water partition coefficient (Wildman–Crippen LogP) is 16.7. The molecular weight excluding hydrogens is 1250 g/mol. The highest BCUT2D eigenvalue weighted by Crippen LogP contribution is 2.36. The molecule has 18 nitrogen and oxygen atoms in total. The number of furan rings is 3. The second kappa shape index (κ2) is 36.1.